The first-order valence-corrected chi connectivity index (χ1v) is 9.31. The maximum atomic E-state index is 4.76. The van der Waals surface area contributed by atoms with E-state index in [1.54, 1.807) is 0 Å². The molecule has 0 aromatic carbocycles. The summed E-state index contributed by atoms with van der Waals surface area (Å²) in [6.07, 6.45) is 8.03. The Hall–Kier alpha value is -1.56. The van der Waals surface area contributed by atoms with Crippen LogP contribution in [0, 0.1) is 0 Å². The molecule has 2 unspecified atom stereocenters. The summed E-state index contributed by atoms with van der Waals surface area (Å²) in [5, 5.41) is 11.9. The lowest BCUT2D eigenvalue weighted by molar-refractivity contribution is 0.309. The number of rotatable bonds is 4. The van der Waals surface area contributed by atoms with Crippen LogP contribution >= 0.6 is 0 Å². The highest BCUT2D eigenvalue weighted by Crippen LogP contribution is 2.21. The van der Waals surface area contributed by atoms with Crippen LogP contribution in [0.4, 0.5) is 0 Å². The van der Waals surface area contributed by atoms with E-state index < -0.39 is 0 Å². The van der Waals surface area contributed by atoms with Crippen LogP contribution in [0.25, 0.3) is 0 Å². The molecule has 0 saturated carbocycles. The summed E-state index contributed by atoms with van der Waals surface area (Å²) in [7, 11) is 4.07. The number of fused-ring (bicyclic) bond motifs is 1. The molecule has 1 aromatic rings. The Labute approximate surface area is 145 Å². The number of guanidine groups is 1. The molecule has 1 fully saturated rings. The fraction of sp³-hybridized carbons (Fsp3) is 0.778. The van der Waals surface area contributed by atoms with Gasteiger partial charge in [0.15, 0.2) is 5.96 Å². The van der Waals surface area contributed by atoms with Gasteiger partial charge in [0.05, 0.1) is 5.69 Å². The van der Waals surface area contributed by atoms with Crippen LogP contribution < -0.4 is 10.6 Å². The Balaban J connectivity index is 1.53. The van der Waals surface area contributed by atoms with Crippen molar-refractivity contribution in [2.45, 2.75) is 64.1 Å². The largest absolute Gasteiger partial charge is 0.355 e. The van der Waals surface area contributed by atoms with Crippen molar-refractivity contribution in [1.29, 1.82) is 0 Å². The lowest BCUT2D eigenvalue weighted by Gasteiger charge is -2.26. The SMILES string of the molecule is CN=C(NCC1CCCN1C)NC1CCc2cn(C(C)C)nc2C1. The fourth-order valence-corrected chi connectivity index (χ4v) is 3.74. The van der Waals surface area contributed by atoms with Gasteiger partial charge < -0.3 is 15.5 Å². The molecule has 6 nitrogen and oxygen atoms in total. The third-order valence-electron chi connectivity index (χ3n) is 5.37. The molecule has 2 atom stereocenters. The first kappa shape index (κ1) is 17.3. The van der Waals surface area contributed by atoms with Crippen LogP contribution in [-0.4, -0.2) is 59.9 Å². The molecule has 2 heterocycles. The summed E-state index contributed by atoms with van der Waals surface area (Å²) in [6.45, 7) is 6.54. The normalized spacial score (nSPS) is 25.1. The monoisotopic (exact) mass is 332 g/mol. The smallest absolute Gasteiger partial charge is 0.191 e. The van der Waals surface area contributed by atoms with Gasteiger partial charge in [-0.05, 0) is 58.7 Å². The highest BCUT2D eigenvalue weighted by atomic mass is 15.3. The van der Waals surface area contributed by atoms with Gasteiger partial charge in [0.1, 0.15) is 0 Å². The third kappa shape index (κ3) is 3.91. The third-order valence-corrected chi connectivity index (χ3v) is 5.37. The van der Waals surface area contributed by atoms with Crippen molar-refractivity contribution >= 4 is 5.96 Å². The molecule has 1 aromatic heterocycles. The van der Waals surface area contributed by atoms with Gasteiger partial charge in [0.2, 0.25) is 0 Å². The first-order valence-electron chi connectivity index (χ1n) is 9.31. The molecule has 0 radical (unpaired) electrons. The molecule has 2 N–H and O–H groups in total. The quantitative estimate of drug-likeness (QED) is 0.649. The lowest BCUT2D eigenvalue weighted by atomic mass is 9.94. The van der Waals surface area contributed by atoms with Crippen LogP contribution in [-0.2, 0) is 12.8 Å². The Morgan fingerprint density at radius 1 is 1.42 bits per heavy atom. The highest BCUT2D eigenvalue weighted by molar-refractivity contribution is 5.80. The Bertz CT molecular complexity index is 576. The summed E-state index contributed by atoms with van der Waals surface area (Å²) in [5.41, 5.74) is 2.66. The van der Waals surface area contributed by atoms with E-state index in [9.17, 15) is 0 Å². The molecule has 24 heavy (non-hydrogen) atoms. The first-order chi connectivity index (χ1) is 11.6. The minimum atomic E-state index is 0.417. The molecule has 0 bridgehead atoms. The number of hydrogen-bond acceptors (Lipinski definition) is 3. The number of aryl methyl sites for hydroxylation is 1. The minimum absolute atomic E-state index is 0.417. The van der Waals surface area contributed by atoms with Crippen LogP contribution in [0.2, 0.25) is 0 Å². The number of nitrogens with one attached hydrogen (secondary N) is 2. The van der Waals surface area contributed by atoms with E-state index in [0.717, 1.165) is 31.8 Å². The van der Waals surface area contributed by atoms with E-state index in [1.807, 2.05) is 7.05 Å². The van der Waals surface area contributed by atoms with Crippen molar-refractivity contribution in [3.63, 3.8) is 0 Å². The van der Waals surface area contributed by atoms with Crippen LogP contribution in [0.15, 0.2) is 11.2 Å². The van der Waals surface area contributed by atoms with Crippen molar-refractivity contribution in [3.8, 4) is 0 Å². The molecule has 0 amide bonds. The van der Waals surface area contributed by atoms with Gasteiger partial charge >= 0.3 is 0 Å². The maximum Gasteiger partial charge on any atom is 0.191 e. The molecule has 0 spiro atoms. The van der Waals surface area contributed by atoms with Gasteiger partial charge in [-0.25, -0.2) is 0 Å². The van der Waals surface area contributed by atoms with Gasteiger partial charge in [-0.15, -0.1) is 0 Å². The van der Waals surface area contributed by atoms with Crippen molar-refractivity contribution in [2.24, 2.45) is 4.99 Å². The van der Waals surface area contributed by atoms with Crippen molar-refractivity contribution in [1.82, 2.24) is 25.3 Å². The average molecular weight is 332 g/mol. The lowest BCUT2D eigenvalue weighted by Crippen LogP contribution is -2.48. The molecule has 1 aliphatic carbocycles. The number of nitrogens with zero attached hydrogens (tertiary/aromatic N) is 4. The van der Waals surface area contributed by atoms with Crippen LogP contribution in [0.1, 0.15) is 50.4 Å². The molecular formula is C18H32N6. The predicted octanol–water partition coefficient (Wildman–Crippen LogP) is 1.58. The molecule has 2 aliphatic rings. The molecule has 1 saturated heterocycles. The zero-order valence-corrected chi connectivity index (χ0v) is 15.5. The van der Waals surface area contributed by atoms with E-state index in [0.29, 0.717) is 18.1 Å². The van der Waals surface area contributed by atoms with E-state index in [4.69, 9.17) is 5.10 Å². The second kappa shape index (κ2) is 7.55. The standard InChI is InChI=1S/C18H32N6/c1-13(2)24-12-14-7-8-15(10-17(14)22-24)21-18(19-3)20-11-16-6-5-9-23(16)4/h12-13,15-16H,5-11H2,1-4H3,(H2,19,20,21). The van der Waals surface area contributed by atoms with Crippen molar-refractivity contribution in [2.75, 3.05) is 27.2 Å². The second-order valence-corrected chi connectivity index (χ2v) is 7.49. The zero-order chi connectivity index (χ0) is 17.1. The molecular weight excluding hydrogens is 300 g/mol. The summed E-state index contributed by atoms with van der Waals surface area (Å²) in [4.78, 5) is 6.84. The van der Waals surface area contributed by atoms with Gasteiger partial charge in [-0.1, -0.05) is 0 Å². The topological polar surface area (TPSA) is 57.5 Å². The number of aliphatic imine (C=N–C) groups is 1. The number of likely N-dealkylation sites (N-methyl/N-ethyl adjacent to an activating group) is 1. The fourth-order valence-electron chi connectivity index (χ4n) is 3.74. The molecule has 1 aliphatic heterocycles. The summed E-state index contributed by atoms with van der Waals surface area (Å²) in [6, 6.07) is 1.48. The Morgan fingerprint density at radius 2 is 2.25 bits per heavy atom. The summed E-state index contributed by atoms with van der Waals surface area (Å²) in [5.74, 6) is 0.923. The Morgan fingerprint density at radius 3 is 2.92 bits per heavy atom. The maximum absolute atomic E-state index is 4.76. The van der Waals surface area contributed by atoms with Gasteiger partial charge in [-0.3, -0.25) is 9.67 Å². The summed E-state index contributed by atoms with van der Waals surface area (Å²) >= 11 is 0. The highest BCUT2D eigenvalue weighted by Gasteiger charge is 2.24. The van der Waals surface area contributed by atoms with Crippen molar-refractivity contribution < 1.29 is 0 Å². The summed E-state index contributed by atoms with van der Waals surface area (Å²) < 4.78 is 2.09. The van der Waals surface area contributed by atoms with Gasteiger partial charge in [0, 0.05) is 44.3 Å². The number of hydrogen-bond donors (Lipinski definition) is 2. The van der Waals surface area contributed by atoms with Crippen LogP contribution in [0.3, 0.4) is 0 Å². The Kier molecular flexibility index (Phi) is 5.43. The average Bonchev–Trinajstić information content (AvgIpc) is 3.17. The van der Waals surface area contributed by atoms with Crippen LogP contribution in [0.5, 0.6) is 0 Å². The minimum Gasteiger partial charge on any atom is -0.355 e. The van der Waals surface area contributed by atoms with Crippen molar-refractivity contribution in [3.05, 3.63) is 17.5 Å². The van der Waals surface area contributed by atoms with E-state index >= 15 is 0 Å². The zero-order valence-electron chi connectivity index (χ0n) is 15.5. The van der Waals surface area contributed by atoms with E-state index in [1.165, 1.54) is 30.6 Å². The van der Waals surface area contributed by atoms with E-state index in [-0.39, 0.29) is 0 Å². The number of likely N-dealkylation sites (tertiary alicyclic amines) is 1. The van der Waals surface area contributed by atoms with E-state index in [2.05, 4.69) is 52.3 Å². The van der Waals surface area contributed by atoms with Gasteiger partial charge in [0.25, 0.3) is 0 Å². The molecule has 6 heteroatoms. The molecule has 134 valence electrons. The molecule has 3 rings (SSSR count). The van der Waals surface area contributed by atoms with Gasteiger partial charge in [-0.2, -0.15) is 5.10 Å². The second-order valence-electron chi connectivity index (χ2n) is 7.49. The predicted molar refractivity (Wildman–Crippen MR) is 98.6 cm³/mol. The number of aromatic nitrogens is 2.